The number of carbonyl (C=O) groups excluding carboxylic acids is 1. The Morgan fingerprint density at radius 3 is 2.67 bits per heavy atom. The molecule has 0 aliphatic carbocycles. The number of carbonyl (C=O) groups is 1. The molecule has 0 amide bonds. The van der Waals surface area contributed by atoms with Crippen molar-refractivity contribution in [3.8, 4) is 0 Å². The highest BCUT2D eigenvalue weighted by Gasteiger charge is 2.52. The predicted octanol–water partition coefficient (Wildman–Crippen LogP) is 1.88. The van der Waals surface area contributed by atoms with Gasteiger partial charge >= 0.3 is 5.97 Å². The number of methoxy groups -OCH3 is 2. The molecule has 0 radical (unpaired) electrons. The number of H-pyrrole nitrogens is 1. The van der Waals surface area contributed by atoms with Crippen molar-refractivity contribution in [2.24, 2.45) is 5.73 Å². The lowest BCUT2D eigenvalue weighted by Crippen LogP contribution is -2.77. The summed E-state index contributed by atoms with van der Waals surface area (Å²) in [6, 6.07) is 4.44. The van der Waals surface area contributed by atoms with Crippen molar-refractivity contribution in [3.63, 3.8) is 0 Å². The molecular formula is C22H33N7O3S. The minimum atomic E-state index is -1.31. The van der Waals surface area contributed by atoms with E-state index in [0.717, 1.165) is 37.3 Å². The molecule has 3 aliphatic rings. The third-order valence-electron chi connectivity index (χ3n) is 7.07. The van der Waals surface area contributed by atoms with Gasteiger partial charge in [0.15, 0.2) is 5.79 Å². The van der Waals surface area contributed by atoms with Gasteiger partial charge in [0.2, 0.25) is 0 Å². The summed E-state index contributed by atoms with van der Waals surface area (Å²) in [7, 11) is 2.96. The van der Waals surface area contributed by atoms with E-state index in [4.69, 9.17) is 15.2 Å². The highest BCUT2D eigenvalue weighted by molar-refractivity contribution is 7.12. The minimum Gasteiger partial charge on any atom is -0.465 e. The Bertz CT molecular complexity index is 982. The first kappa shape index (κ1) is 22.6. The van der Waals surface area contributed by atoms with Crippen molar-refractivity contribution in [3.05, 3.63) is 34.3 Å². The van der Waals surface area contributed by atoms with Crippen LogP contribution in [0, 0.1) is 0 Å². The van der Waals surface area contributed by atoms with Crippen LogP contribution in [0.15, 0.2) is 23.7 Å². The van der Waals surface area contributed by atoms with Crippen LogP contribution >= 0.6 is 11.3 Å². The van der Waals surface area contributed by atoms with E-state index in [1.807, 2.05) is 23.7 Å². The molecule has 2 atom stereocenters. The highest BCUT2D eigenvalue weighted by Crippen LogP contribution is 2.40. The third-order valence-corrected chi connectivity index (χ3v) is 7.96. The second-order valence-electron chi connectivity index (χ2n) is 8.91. The molecule has 5 heterocycles. The van der Waals surface area contributed by atoms with E-state index >= 15 is 0 Å². The summed E-state index contributed by atoms with van der Waals surface area (Å²) in [5.74, 6) is -2.61. The summed E-state index contributed by atoms with van der Waals surface area (Å²) < 4.78 is 10.7. The van der Waals surface area contributed by atoms with Gasteiger partial charge in [-0.05, 0) is 56.3 Å². The number of aromatic nitrogens is 1. The maximum absolute atomic E-state index is 12.4. The van der Waals surface area contributed by atoms with Crippen molar-refractivity contribution >= 4 is 28.7 Å². The molecule has 0 bridgehead atoms. The van der Waals surface area contributed by atoms with Crippen molar-refractivity contribution in [2.75, 3.05) is 51.0 Å². The maximum Gasteiger partial charge on any atom is 0.350 e. The molecule has 180 valence electrons. The van der Waals surface area contributed by atoms with Crippen LogP contribution in [0.2, 0.25) is 0 Å². The molecule has 0 spiro atoms. The van der Waals surface area contributed by atoms with Gasteiger partial charge in [0.1, 0.15) is 4.88 Å². The van der Waals surface area contributed by atoms with Crippen LogP contribution in [-0.2, 0) is 15.3 Å². The first-order valence-electron chi connectivity index (χ1n) is 11.5. The molecule has 10 nitrogen and oxygen atoms in total. The van der Waals surface area contributed by atoms with Crippen LogP contribution in [0.25, 0.3) is 0 Å². The number of hydrogen-bond donors (Lipinski definition) is 5. The monoisotopic (exact) mass is 475 g/mol. The van der Waals surface area contributed by atoms with Crippen LogP contribution in [-0.4, -0.2) is 73.2 Å². The Balaban J connectivity index is 1.51. The van der Waals surface area contributed by atoms with E-state index in [-0.39, 0.29) is 5.97 Å². The Morgan fingerprint density at radius 2 is 1.97 bits per heavy atom. The van der Waals surface area contributed by atoms with E-state index in [1.165, 1.54) is 44.4 Å². The molecule has 0 aromatic carbocycles. The summed E-state index contributed by atoms with van der Waals surface area (Å²) in [4.78, 5) is 21.3. The molecule has 0 saturated carbocycles. The Labute approximate surface area is 197 Å². The van der Waals surface area contributed by atoms with Gasteiger partial charge in [-0.2, -0.15) is 0 Å². The average molecular weight is 476 g/mol. The highest BCUT2D eigenvalue weighted by atomic mass is 32.1. The minimum absolute atomic E-state index is 0.373. The molecule has 33 heavy (non-hydrogen) atoms. The second-order valence-corrected chi connectivity index (χ2v) is 9.82. The van der Waals surface area contributed by atoms with Crippen LogP contribution in [0.3, 0.4) is 0 Å². The zero-order valence-electron chi connectivity index (χ0n) is 19.1. The first-order valence-corrected chi connectivity index (χ1v) is 12.4. The van der Waals surface area contributed by atoms with Crippen LogP contribution in [0.5, 0.6) is 0 Å². The molecule has 2 aromatic rings. The van der Waals surface area contributed by atoms with Gasteiger partial charge in [0.25, 0.3) is 5.97 Å². The van der Waals surface area contributed by atoms with Gasteiger partial charge in [-0.25, -0.2) is 10.1 Å². The van der Waals surface area contributed by atoms with E-state index in [2.05, 4.69) is 30.7 Å². The summed E-state index contributed by atoms with van der Waals surface area (Å²) >= 11 is 1.34. The summed E-state index contributed by atoms with van der Waals surface area (Å²) in [6.07, 6.45) is 6.59. The normalized spacial score (nSPS) is 28.9. The van der Waals surface area contributed by atoms with Gasteiger partial charge in [0, 0.05) is 32.4 Å². The van der Waals surface area contributed by atoms with E-state index in [1.54, 1.807) is 7.11 Å². The molecule has 3 aliphatic heterocycles. The van der Waals surface area contributed by atoms with E-state index < -0.39 is 11.8 Å². The van der Waals surface area contributed by atoms with Crippen molar-refractivity contribution in [1.29, 1.82) is 0 Å². The zero-order valence-corrected chi connectivity index (χ0v) is 20.0. The molecular weight excluding hydrogens is 442 g/mol. The lowest BCUT2D eigenvalue weighted by Gasteiger charge is -2.54. The summed E-state index contributed by atoms with van der Waals surface area (Å²) in [5, 5.41) is 12.2. The van der Waals surface area contributed by atoms with Crippen molar-refractivity contribution in [1.82, 2.24) is 20.1 Å². The van der Waals surface area contributed by atoms with Crippen LogP contribution in [0.1, 0.15) is 41.0 Å². The van der Waals surface area contributed by atoms with E-state index in [9.17, 15) is 4.79 Å². The van der Waals surface area contributed by atoms with Gasteiger partial charge in [-0.3, -0.25) is 10.6 Å². The Kier molecular flexibility index (Phi) is 6.10. The Morgan fingerprint density at radius 1 is 1.21 bits per heavy atom. The smallest absolute Gasteiger partial charge is 0.350 e. The number of hydrogen-bond acceptors (Lipinski definition) is 10. The first-order chi connectivity index (χ1) is 16.0. The number of aromatic amines is 1. The summed E-state index contributed by atoms with van der Waals surface area (Å²) in [5.41, 5.74) is 8.98. The number of ether oxygens (including phenoxy) is 2. The number of fused-ring (bicyclic) bond motifs is 1. The van der Waals surface area contributed by atoms with Gasteiger partial charge in [-0.15, -0.1) is 11.3 Å². The lowest BCUT2D eigenvalue weighted by molar-refractivity contribution is -0.0875. The van der Waals surface area contributed by atoms with Gasteiger partial charge < -0.3 is 30.0 Å². The molecule has 11 heteroatoms. The standard InChI is InChI=1S/C22H33N7O3S/c1-31-20(30)18-16(8-14-33-18)25-21(19-17(5-9-24-19)26-22(23,27-21)32-2)29-12-6-15(7-13-29)28-10-3-4-11-28/h5,8-9,14-15,24-27H,3-4,6-7,10-13,23H2,1-2H3. The second kappa shape index (κ2) is 8.90. The number of likely N-dealkylation sites (tertiary alicyclic amines) is 2. The van der Waals surface area contributed by atoms with Crippen LogP contribution in [0.4, 0.5) is 11.4 Å². The molecule has 2 aromatic heterocycles. The fourth-order valence-electron chi connectivity index (χ4n) is 5.37. The Hall–Kier alpha value is -2.15. The number of anilines is 2. The average Bonchev–Trinajstić information content (AvgIpc) is 3.60. The van der Waals surface area contributed by atoms with Crippen molar-refractivity contribution < 1.29 is 14.3 Å². The lowest BCUT2D eigenvalue weighted by atomic mass is 9.99. The quantitative estimate of drug-likeness (QED) is 0.315. The third kappa shape index (κ3) is 4.02. The van der Waals surface area contributed by atoms with Gasteiger partial charge in [0.05, 0.1) is 24.2 Å². The number of nitrogens with one attached hydrogen (secondary N) is 4. The van der Waals surface area contributed by atoms with E-state index in [0.29, 0.717) is 16.6 Å². The SMILES string of the molecule is COC(=O)c1sccc1NC1(N2CCC(N3CCCC3)CC2)NC(N)(OC)Nc2cc[nH]c21. The van der Waals surface area contributed by atoms with Crippen molar-refractivity contribution in [2.45, 2.75) is 43.5 Å². The van der Waals surface area contributed by atoms with Gasteiger partial charge in [-0.1, -0.05) is 0 Å². The number of thiophene rings is 1. The molecule has 6 N–H and O–H groups in total. The van der Waals surface area contributed by atoms with Crippen LogP contribution < -0.4 is 21.7 Å². The fraction of sp³-hybridized carbons (Fsp3) is 0.591. The predicted molar refractivity (Wildman–Crippen MR) is 128 cm³/mol. The molecule has 2 fully saturated rings. The number of esters is 1. The maximum atomic E-state index is 12.4. The summed E-state index contributed by atoms with van der Waals surface area (Å²) in [6.45, 7) is 4.11. The number of nitrogens with zero attached hydrogens (tertiary/aromatic N) is 2. The molecule has 2 saturated heterocycles. The fourth-order valence-corrected chi connectivity index (χ4v) is 6.14. The number of piperidine rings is 1. The molecule has 5 rings (SSSR count). The number of nitrogens with two attached hydrogens (primary N) is 1. The molecule has 2 unspecified atom stereocenters. The number of rotatable bonds is 6. The zero-order chi connectivity index (χ0) is 23.1. The topological polar surface area (TPSA) is 120 Å². The largest absolute Gasteiger partial charge is 0.465 e.